The number of carbonyl (C=O) groups is 1. The van der Waals surface area contributed by atoms with Gasteiger partial charge in [-0.2, -0.15) is 0 Å². The quantitative estimate of drug-likeness (QED) is 0.755. The van der Waals surface area contributed by atoms with E-state index in [-0.39, 0.29) is 23.2 Å². The van der Waals surface area contributed by atoms with Crippen molar-refractivity contribution in [2.24, 2.45) is 0 Å². The van der Waals surface area contributed by atoms with Crippen molar-refractivity contribution in [3.63, 3.8) is 0 Å². The van der Waals surface area contributed by atoms with Gasteiger partial charge in [-0.3, -0.25) is 0 Å². The third kappa shape index (κ3) is 4.08. The SMILES string of the molecule is CC1(C)CC(NC(=O)N2CCOCC2)CC(C)(C)N1. The largest absolute Gasteiger partial charge is 0.378 e. The van der Waals surface area contributed by atoms with E-state index < -0.39 is 0 Å². The number of carbonyl (C=O) groups excluding carboxylic acids is 1. The van der Waals surface area contributed by atoms with Gasteiger partial charge in [-0.1, -0.05) is 0 Å². The number of hydrogen-bond donors (Lipinski definition) is 2. The first-order chi connectivity index (χ1) is 8.77. The Kier molecular flexibility index (Phi) is 4.06. The minimum atomic E-state index is 0.0572. The van der Waals surface area contributed by atoms with Gasteiger partial charge in [0.1, 0.15) is 0 Å². The first-order valence-corrected chi connectivity index (χ1v) is 7.20. The number of morpholine rings is 1. The molecule has 2 heterocycles. The molecule has 5 nitrogen and oxygen atoms in total. The molecule has 110 valence electrons. The Bertz CT molecular complexity index is 320. The molecule has 0 radical (unpaired) electrons. The van der Waals surface area contributed by atoms with Crippen molar-refractivity contribution in [1.82, 2.24) is 15.5 Å². The van der Waals surface area contributed by atoms with E-state index in [9.17, 15) is 4.79 Å². The van der Waals surface area contributed by atoms with Gasteiger partial charge in [-0.15, -0.1) is 0 Å². The maximum atomic E-state index is 12.2. The highest BCUT2D eigenvalue weighted by atomic mass is 16.5. The number of urea groups is 1. The van der Waals surface area contributed by atoms with Gasteiger partial charge >= 0.3 is 6.03 Å². The molecule has 0 atom stereocenters. The second kappa shape index (κ2) is 5.29. The van der Waals surface area contributed by atoms with E-state index in [1.54, 1.807) is 0 Å². The smallest absolute Gasteiger partial charge is 0.317 e. The van der Waals surface area contributed by atoms with Crippen LogP contribution in [0.3, 0.4) is 0 Å². The van der Waals surface area contributed by atoms with Crippen molar-refractivity contribution in [2.45, 2.75) is 57.7 Å². The normalized spacial score (nSPS) is 27.1. The van der Waals surface area contributed by atoms with Crippen molar-refractivity contribution in [3.8, 4) is 0 Å². The van der Waals surface area contributed by atoms with Gasteiger partial charge < -0.3 is 20.3 Å². The molecule has 0 aromatic heterocycles. The van der Waals surface area contributed by atoms with Crippen LogP contribution in [0.25, 0.3) is 0 Å². The number of amides is 2. The zero-order valence-electron chi connectivity index (χ0n) is 12.6. The first kappa shape index (κ1) is 14.6. The van der Waals surface area contributed by atoms with Crippen LogP contribution in [0.15, 0.2) is 0 Å². The Balaban J connectivity index is 1.92. The molecule has 2 aliphatic heterocycles. The molecular formula is C14H27N3O2. The third-order valence-corrected chi connectivity index (χ3v) is 3.82. The van der Waals surface area contributed by atoms with Crippen molar-refractivity contribution in [2.75, 3.05) is 26.3 Å². The maximum absolute atomic E-state index is 12.2. The molecule has 0 aliphatic carbocycles. The molecule has 5 heteroatoms. The predicted molar refractivity (Wildman–Crippen MR) is 75.2 cm³/mol. The predicted octanol–water partition coefficient (Wildman–Crippen LogP) is 1.34. The lowest BCUT2D eigenvalue weighted by molar-refractivity contribution is 0.0505. The summed E-state index contributed by atoms with van der Waals surface area (Å²) in [7, 11) is 0. The number of nitrogens with zero attached hydrogens (tertiary/aromatic N) is 1. The number of nitrogens with one attached hydrogen (secondary N) is 2. The van der Waals surface area contributed by atoms with Crippen LogP contribution in [0, 0.1) is 0 Å². The Hall–Kier alpha value is -0.810. The second-order valence-corrected chi connectivity index (χ2v) is 7.05. The van der Waals surface area contributed by atoms with Crippen LogP contribution >= 0.6 is 0 Å². The molecule has 2 N–H and O–H groups in total. The summed E-state index contributed by atoms with van der Waals surface area (Å²) in [5.74, 6) is 0. The van der Waals surface area contributed by atoms with Gasteiger partial charge in [0, 0.05) is 30.2 Å². The monoisotopic (exact) mass is 269 g/mol. The molecule has 0 spiro atoms. The number of rotatable bonds is 1. The molecule has 2 saturated heterocycles. The molecule has 0 unspecified atom stereocenters. The van der Waals surface area contributed by atoms with Crippen LogP contribution in [0.1, 0.15) is 40.5 Å². The minimum Gasteiger partial charge on any atom is -0.378 e. The lowest BCUT2D eigenvalue weighted by atomic mass is 9.80. The van der Waals surface area contributed by atoms with Crippen LogP contribution in [0.5, 0.6) is 0 Å². The lowest BCUT2D eigenvalue weighted by Gasteiger charge is -2.47. The highest BCUT2D eigenvalue weighted by Gasteiger charge is 2.38. The van der Waals surface area contributed by atoms with E-state index in [1.807, 2.05) is 4.90 Å². The Morgan fingerprint density at radius 2 is 1.68 bits per heavy atom. The maximum Gasteiger partial charge on any atom is 0.317 e. The van der Waals surface area contributed by atoms with E-state index in [1.165, 1.54) is 0 Å². The Morgan fingerprint density at radius 3 is 2.21 bits per heavy atom. The first-order valence-electron chi connectivity index (χ1n) is 7.20. The average molecular weight is 269 g/mol. The van der Waals surface area contributed by atoms with Crippen LogP contribution < -0.4 is 10.6 Å². The fourth-order valence-corrected chi connectivity index (χ4v) is 3.46. The topological polar surface area (TPSA) is 53.6 Å². The number of ether oxygens (including phenoxy) is 1. The van der Waals surface area contributed by atoms with Crippen molar-refractivity contribution >= 4 is 6.03 Å². The Morgan fingerprint density at radius 1 is 1.16 bits per heavy atom. The highest BCUT2D eigenvalue weighted by Crippen LogP contribution is 2.28. The van der Waals surface area contributed by atoms with Crippen molar-refractivity contribution < 1.29 is 9.53 Å². The molecule has 19 heavy (non-hydrogen) atoms. The summed E-state index contributed by atoms with van der Waals surface area (Å²) in [6.45, 7) is 11.5. The highest BCUT2D eigenvalue weighted by molar-refractivity contribution is 5.74. The molecule has 0 aromatic rings. The molecule has 2 fully saturated rings. The van der Waals surface area contributed by atoms with Gasteiger partial charge in [-0.05, 0) is 40.5 Å². The zero-order valence-corrected chi connectivity index (χ0v) is 12.6. The van der Waals surface area contributed by atoms with Crippen LogP contribution in [-0.4, -0.2) is 54.4 Å². The number of hydrogen-bond acceptors (Lipinski definition) is 3. The molecule has 2 amide bonds. The summed E-state index contributed by atoms with van der Waals surface area (Å²) in [6, 6.07) is 0.295. The van der Waals surface area contributed by atoms with E-state index in [2.05, 4.69) is 38.3 Å². The summed E-state index contributed by atoms with van der Waals surface area (Å²) in [5, 5.41) is 6.82. The molecule has 0 bridgehead atoms. The number of piperidine rings is 1. The fourth-order valence-electron chi connectivity index (χ4n) is 3.46. The van der Waals surface area contributed by atoms with E-state index in [0.29, 0.717) is 26.3 Å². The third-order valence-electron chi connectivity index (χ3n) is 3.82. The van der Waals surface area contributed by atoms with E-state index in [4.69, 9.17) is 4.74 Å². The van der Waals surface area contributed by atoms with Crippen LogP contribution in [0.2, 0.25) is 0 Å². The fraction of sp³-hybridized carbons (Fsp3) is 0.929. The van der Waals surface area contributed by atoms with Crippen LogP contribution in [0.4, 0.5) is 4.79 Å². The van der Waals surface area contributed by atoms with Gasteiger partial charge in [0.15, 0.2) is 0 Å². The van der Waals surface area contributed by atoms with Crippen molar-refractivity contribution in [3.05, 3.63) is 0 Å². The standard InChI is InChI=1S/C14H27N3O2/c1-13(2)9-11(10-14(3,4)16-13)15-12(18)17-5-7-19-8-6-17/h11,16H,5-10H2,1-4H3,(H,15,18). The van der Waals surface area contributed by atoms with Gasteiger partial charge in [0.2, 0.25) is 0 Å². The summed E-state index contributed by atoms with van der Waals surface area (Å²) < 4.78 is 5.27. The van der Waals surface area contributed by atoms with E-state index in [0.717, 1.165) is 12.8 Å². The van der Waals surface area contributed by atoms with Crippen LogP contribution in [-0.2, 0) is 4.74 Å². The van der Waals surface area contributed by atoms with Crippen molar-refractivity contribution in [1.29, 1.82) is 0 Å². The average Bonchev–Trinajstić information content (AvgIpc) is 2.25. The summed E-state index contributed by atoms with van der Waals surface area (Å²) in [4.78, 5) is 14.1. The minimum absolute atomic E-state index is 0.0572. The summed E-state index contributed by atoms with van der Waals surface area (Å²) in [6.07, 6.45) is 1.93. The van der Waals surface area contributed by atoms with E-state index >= 15 is 0 Å². The zero-order chi connectivity index (χ0) is 14.1. The van der Waals surface area contributed by atoms with Gasteiger partial charge in [0.25, 0.3) is 0 Å². The molecular weight excluding hydrogens is 242 g/mol. The Labute approximate surface area is 116 Å². The molecule has 0 aromatic carbocycles. The van der Waals surface area contributed by atoms with Gasteiger partial charge in [-0.25, -0.2) is 4.79 Å². The van der Waals surface area contributed by atoms with Gasteiger partial charge in [0.05, 0.1) is 13.2 Å². The molecule has 0 saturated carbocycles. The molecule has 2 rings (SSSR count). The summed E-state index contributed by atoms with van der Waals surface area (Å²) in [5.41, 5.74) is 0.120. The second-order valence-electron chi connectivity index (χ2n) is 7.05. The molecule has 2 aliphatic rings. The summed E-state index contributed by atoms with van der Waals surface area (Å²) >= 11 is 0. The lowest BCUT2D eigenvalue weighted by Crippen LogP contribution is -2.63.